The van der Waals surface area contributed by atoms with Crippen molar-refractivity contribution in [1.82, 2.24) is 0 Å². The number of carbonyl (C=O) groups excluding carboxylic acids is 1. The Morgan fingerprint density at radius 1 is 1.19 bits per heavy atom. The fourth-order valence-electron chi connectivity index (χ4n) is 1.97. The zero-order chi connectivity index (χ0) is 20.6. The first-order chi connectivity index (χ1) is 12.0. The van der Waals surface area contributed by atoms with Gasteiger partial charge in [-0.3, -0.25) is 0 Å². The van der Waals surface area contributed by atoms with Gasteiger partial charge >= 0.3 is 5.97 Å². The topological polar surface area (TPSA) is 124 Å². The van der Waals surface area contributed by atoms with E-state index in [2.05, 4.69) is 39.9 Å². The first kappa shape index (κ1) is 26.8. The highest BCUT2D eigenvalue weighted by atomic mass is 16.5. The number of unbranched alkanes of at least 4 members (excludes halogenated alkanes) is 1. The zero-order valence-electron chi connectivity index (χ0n) is 16.9. The van der Waals surface area contributed by atoms with E-state index in [1.165, 1.54) is 25.7 Å². The molecule has 0 bridgehead atoms. The van der Waals surface area contributed by atoms with Crippen LogP contribution in [-0.4, -0.2) is 53.6 Å². The van der Waals surface area contributed by atoms with E-state index in [4.69, 9.17) is 9.84 Å². The molecule has 0 saturated carbocycles. The lowest BCUT2D eigenvalue weighted by atomic mass is 10.0. The molecule has 0 aliphatic heterocycles. The Bertz CT molecular complexity index is 387. The third kappa shape index (κ3) is 22.6. The highest BCUT2D eigenvalue weighted by Crippen LogP contribution is 2.12. The molecule has 2 unspecified atom stereocenters. The molecule has 7 heteroatoms. The first-order valence-electron chi connectivity index (χ1n) is 9.23. The van der Waals surface area contributed by atoms with Crippen molar-refractivity contribution in [1.29, 1.82) is 0 Å². The predicted molar refractivity (Wildman–Crippen MR) is 98.5 cm³/mol. The van der Waals surface area contributed by atoms with Crippen LogP contribution < -0.4 is 10.4 Å². The van der Waals surface area contributed by atoms with E-state index < -0.39 is 11.9 Å². The Balaban J connectivity index is 0. The standard InChI is InChI=1S/C15H33NO2.C4H4O4/c1-6-8-9-13(7-2)11-18-12-14(17)10-16-15(3,4)5;5-3(6)1-2-4(7)8/h13-14,16-17H,6-12H2,1-5H3;1-2H,(H,5,6)(H,7,8)/b;2-1+. The predicted octanol–water partition coefficient (Wildman–Crippen LogP) is 0.319. The molecular formula is C19H37NO6. The summed E-state index contributed by atoms with van der Waals surface area (Å²) in [4.78, 5) is 19.0. The highest BCUT2D eigenvalue weighted by Gasteiger charge is 2.16. The van der Waals surface area contributed by atoms with Crippen LogP contribution in [0, 0.1) is 5.92 Å². The number of hydrogen-bond donors (Lipinski definition) is 3. The van der Waals surface area contributed by atoms with Crippen molar-refractivity contribution >= 4 is 11.9 Å². The van der Waals surface area contributed by atoms with Gasteiger partial charge in [-0.2, -0.15) is 0 Å². The summed E-state index contributed by atoms with van der Waals surface area (Å²) >= 11 is 0. The van der Waals surface area contributed by atoms with Gasteiger partial charge in [0.25, 0.3) is 0 Å². The molecule has 0 fully saturated rings. The molecule has 154 valence electrons. The number of carboxylic acids is 2. The van der Waals surface area contributed by atoms with Crippen molar-refractivity contribution in [2.75, 3.05) is 19.8 Å². The van der Waals surface area contributed by atoms with Crippen molar-refractivity contribution in [2.24, 2.45) is 5.92 Å². The average molecular weight is 376 g/mol. The van der Waals surface area contributed by atoms with Crippen molar-refractivity contribution < 1.29 is 35.0 Å². The van der Waals surface area contributed by atoms with E-state index >= 15 is 0 Å². The van der Waals surface area contributed by atoms with E-state index in [9.17, 15) is 19.8 Å². The van der Waals surface area contributed by atoms with Gasteiger partial charge in [0.1, 0.15) is 12.6 Å². The minimum absolute atomic E-state index is 0.175. The largest absolute Gasteiger partial charge is 0.545 e. The summed E-state index contributed by atoms with van der Waals surface area (Å²) in [5.74, 6) is -2.15. The van der Waals surface area contributed by atoms with Gasteiger partial charge in [-0.15, -0.1) is 0 Å². The third-order valence-corrected chi connectivity index (χ3v) is 3.57. The van der Waals surface area contributed by atoms with Crippen LogP contribution in [0.3, 0.4) is 0 Å². The lowest BCUT2D eigenvalue weighted by molar-refractivity contribution is -0.722. The third-order valence-electron chi connectivity index (χ3n) is 3.57. The van der Waals surface area contributed by atoms with E-state index in [1.54, 1.807) is 0 Å². The molecule has 26 heavy (non-hydrogen) atoms. The normalized spacial score (nSPS) is 13.8. The van der Waals surface area contributed by atoms with Gasteiger partial charge in [0.2, 0.25) is 0 Å². The summed E-state index contributed by atoms with van der Waals surface area (Å²) in [5, 5.41) is 29.2. The molecule has 0 aliphatic rings. The van der Waals surface area contributed by atoms with Crippen LogP contribution >= 0.6 is 0 Å². The molecule has 2 atom stereocenters. The van der Waals surface area contributed by atoms with Crippen LogP contribution in [0.2, 0.25) is 0 Å². The van der Waals surface area contributed by atoms with Crippen LogP contribution in [0.4, 0.5) is 0 Å². The van der Waals surface area contributed by atoms with Crippen LogP contribution in [0.25, 0.3) is 0 Å². The fourth-order valence-corrected chi connectivity index (χ4v) is 1.97. The molecule has 0 radical (unpaired) electrons. The molecule has 0 aliphatic carbocycles. The maximum Gasteiger partial charge on any atom is 0.328 e. The lowest BCUT2D eigenvalue weighted by Gasteiger charge is -2.20. The van der Waals surface area contributed by atoms with Crippen molar-refractivity contribution in [3.8, 4) is 0 Å². The van der Waals surface area contributed by atoms with Gasteiger partial charge in [-0.1, -0.05) is 33.1 Å². The quantitative estimate of drug-likeness (QED) is 0.422. The first-order valence-corrected chi connectivity index (χ1v) is 9.23. The summed E-state index contributed by atoms with van der Waals surface area (Å²) in [6.07, 6.45) is 5.54. The highest BCUT2D eigenvalue weighted by molar-refractivity contribution is 5.88. The summed E-state index contributed by atoms with van der Waals surface area (Å²) in [7, 11) is 0. The second-order valence-electron chi connectivity index (χ2n) is 7.40. The Kier molecular flexibility index (Phi) is 16.3. The molecule has 0 rings (SSSR count). The van der Waals surface area contributed by atoms with Crippen molar-refractivity contribution in [3.05, 3.63) is 12.2 Å². The van der Waals surface area contributed by atoms with Gasteiger partial charge in [0.05, 0.1) is 18.1 Å². The molecule has 0 amide bonds. The zero-order valence-corrected chi connectivity index (χ0v) is 16.9. The molecular weight excluding hydrogens is 338 g/mol. The molecule has 7 nitrogen and oxygen atoms in total. The molecule has 0 heterocycles. The summed E-state index contributed by atoms with van der Waals surface area (Å²) in [6.45, 7) is 12.9. The monoisotopic (exact) mass is 375 g/mol. The number of quaternary nitrogens is 1. The van der Waals surface area contributed by atoms with Crippen LogP contribution in [0.5, 0.6) is 0 Å². The number of aliphatic hydroxyl groups is 1. The van der Waals surface area contributed by atoms with Gasteiger partial charge in [0, 0.05) is 12.7 Å². The van der Waals surface area contributed by atoms with Gasteiger partial charge in [-0.25, -0.2) is 4.79 Å². The minimum Gasteiger partial charge on any atom is -0.545 e. The molecule has 0 aromatic heterocycles. The number of carbonyl (C=O) groups is 2. The SMILES string of the molecule is CCCCC(CC)COCC(O)C[NH2+]C(C)(C)C.O=C([O-])/C=C/C(=O)O. The maximum absolute atomic E-state index is 9.82. The van der Waals surface area contributed by atoms with Gasteiger partial charge in [0.15, 0.2) is 0 Å². The Morgan fingerprint density at radius 2 is 1.81 bits per heavy atom. The second-order valence-corrected chi connectivity index (χ2v) is 7.40. The van der Waals surface area contributed by atoms with E-state index in [0.717, 1.165) is 13.2 Å². The van der Waals surface area contributed by atoms with Gasteiger partial charge in [-0.05, 0) is 39.2 Å². The number of nitrogens with two attached hydrogens (primary N) is 1. The summed E-state index contributed by atoms with van der Waals surface area (Å²) in [6, 6.07) is 0. The number of carboxylic acid groups (broad SMARTS) is 2. The van der Waals surface area contributed by atoms with Crippen molar-refractivity contribution in [3.63, 3.8) is 0 Å². The second kappa shape index (κ2) is 15.8. The average Bonchev–Trinajstić information content (AvgIpc) is 2.54. The lowest BCUT2D eigenvalue weighted by Crippen LogP contribution is -2.96. The molecule has 4 N–H and O–H groups in total. The molecule has 0 saturated heterocycles. The number of aliphatic hydroxyl groups excluding tert-OH is 1. The Labute approximate surface area is 157 Å². The Morgan fingerprint density at radius 3 is 2.19 bits per heavy atom. The molecule has 0 spiro atoms. The molecule has 0 aromatic carbocycles. The van der Waals surface area contributed by atoms with E-state index in [-0.39, 0.29) is 11.6 Å². The minimum atomic E-state index is -1.51. The van der Waals surface area contributed by atoms with E-state index in [1.807, 2.05) is 0 Å². The smallest absolute Gasteiger partial charge is 0.328 e. The maximum atomic E-state index is 9.82. The summed E-state index contributed by atoms with van der Waals surface area (Å²) in [5.41, 5.74) is 0.175. The number of rotatable bonds is 12. The number of hydrogen-bond acceptors (Lipinski definition) is 5. The summed E-state index contributed by atoms with van der Waals surface area (Å²) < 4.78 is 5.64. The Hall–Kier alpha value is -1.44. The number of aliphatic carboxylic acids is 2. The van der Waals surface area contributed by atoms with Crippen LogP contribution in [0.15, 0.2) is 12.2 Å². The van der Waals surface area contributed by atoms with Crippen LogP contribution in [0.1, 0.15) is 60.3 Å². The van der Waals surface area contributed by atoms with E-state index in [0.29, 0.717) is 24.7 Å². The fraction of sp³-hybridized carbons (Fsp3) is 0.789. The molecule has 0 aromatic rings. The number of ether oxygens (including phenoxy) is 1. The van der Waals surface area contributed by atoms with Gasteiger partial charge < -0.3 is 30.2 Å². The van der Waals surface area contributed by atoms with Crippen LogP contribution in [-0.2, 0) is 14.3 Å². The van der Waals surface area contributed by atoms with Crippen molar-refractivity contribution in [2.45, 2.75) is 71.9 Å².